The van der Waals surface area contributed by atoms with Crippen molar-refractivity contribution in [2.75, 3.05) is 16.8 Å². The van der Waals surface area contributed by atoms with Gasteiger partial charge in [0.2, 0.25) is 23.5 Å². The molecular weight excluding hydrogens is 368 g/mol. The molecule has 7 heteroatoms. The van der Waals surface area contributed by atoms with Crippen molar-refractivity contribution in [2.24, 2.45) is 5.92 Å². The van der Waals surface area contributed by atoms with Crippen molar-refractivity contribution in [1.29, 1.82) is 0 Å². The van der Waals surface area contributed by atoms with E-state index in [9.17, 15) is 9.59 Å². The molecule has 2 heterocycles. The summed E-state index contributed by atoms with van der Waals surface area (Å²) in [5.74, 6) is 0.330. The number of carbonyl (C=O) groups excluding carboxylic acids is 2. The van der Waals surface area contributed by atoms with Gasteiger partial charge in [-0.1, -0.05) is 29.4 Å². The van der Waals surface area contributed by atoms with Crippen LogP contribution >= 0.6 is 0 Å². The van der Waals surface area contributed by atoms with Crippen LogP contribution in [0.15, 0.2) is 47.0 Å². The van der Waals surface area contributed by atoms with Gasteiger partial charge in [-0.25, -0.2) is 0 Å². The minimum atomic E-state index is -0.404. The van der Waals surface area contributed by atoms with Gasteiger partial charge in [0.1, 0.15) is 0 Å². The fourth-order valence-corrected chi connectivity index (χ4v) is 3.47. The molecule has 0 radical (unpaired) electrons. The Labute approximate surface area is 168 Å². The van der Waals surface area contributed by atoms with Crippen LogP contribution in [-0.4, -0.2) is 28.5 Å². The number of nitrogens with zero attached hydrogens (tertiary/aromatic N) is 3. The van der Waals surface area contributed by atoms with Gasteiger partial charge in [-0.2, -0.15) is 4.98 Å². The van der Waals surface area contributed by atoms with Gasteiger partial charge in [-0.05, 0) is 43.2 Å². The summed E-state index contributed by atoms with van der Waals surface area (Å²) in [6, 6.07) is 13.3. The fourth-order valence-electron chi connectivity index (χ4n) is 3.47. The van der Waals surface area contributed by atoms with Gasteiger partial charge < -0.3 is 14.7 Å². The Bertz CT molecular complexity index is 1090. The lowest BCUT2D eigenvalue weighted by Gasteiger charge is -2.17. The van der Waals surface area contributed by atoms with Crippen LogP contribution in [-0.2, 0) is 9.59 Å². The zero-order valence-electron chi connectivity index (χ0n) is 16.6. The van der Waals surface area contributed by atoms with Crippen molar-refractivity contribution in [2.45, 2.75) is 27.2 Å². The van der Waals surface area contributed by atoms with Gasteiger partial charge in [0, 0.05) is 36.8 Å². The quantitative estimate of drug-likeness (QED) is 0.735. The lowest BCUT2D eigenvalue weighted by Crippen LogP contribution is -2.28. The highest BCUT2D eigenvalue weighted by molar-refractivity contribution is 6.04. The summed E-state index contributed by atoms with van der Waals surface area (Å²) in [6.07, 6.45) is 0.183. The van der Waals surface area contributed by atoms with E-state index < -0.39 is 5.92 Å². The highest BCUT2D eigenvalue weighted by Gasteiger charge is 2.35. The number of aromatic nitrogens is 2. The minimum absolute atomic E-state index is 0.0763. The summed E-state index contributed by atoms with van der Waals surface area (Å²) < 4.78 is 5.03. The molecule has 29 heavy (non-hydrogen) atoms. The highest BCUT2D eigenvalue weighted by atomic mass is 16.5. The molecule has 1 atom stereocenters. The number of aryl methyl sites for hydroxylation is 3. The van der Waals surface area contributed by atoms with Crippen molar-refractivity contribution in [3.05, 3.63) is 59.5 Å². The van der Waals surface area contributed by atoms with Crippen LogP contribution in [0.4, 0.5) is 11.4 Å². The summed E-state index contributed by atoms with van der Waals surface area (Å²) in [6.45, 7) is 5.99. The van der Waals surface area contributed by atoms with Crippen LogP contribution in [0, 0.1) is 26.7 Å². The van der Waals surface area contributed by atoms with E-state index in [-0.39, 0.29) is 18.2 Å². The molecule has 1 fully saturated rings. The van der Waals surface area contributed by atoms with E-state index >= 15 is 0 Å². The van der Waals surface area contributed by atoms with Crippen molar-refractivity contribution in [1.82, 2.24) is 10.1 Å². The van der Waals surface area contributed by atoms with E-state index in [1.54, 1.807) is 11.8 Å². The van der Waals surface area contributed by atoms with E-state index in [0.29, 0.717) is 18.3 Å². The number of nitrogens with one attached hydrogen (secondary N) is 1. The molecule has 2 amide bonds. The lowest BCUT2D eigenvalue weighted by molar-refractivity contribution is -0.122. The molecule has 1 unspecified atom stereocenters. The Hall–Kier alpha value is -3.48. The average Bonchev–Trinajstić information content (AvgIpc) is 3.31. The van der Waals surface area contributed by atoms with E-state index in [1.165, 1.54) is 0 Å². The average molecular weight is 390 g/mol. The molecule has 1 aromatic heterocycles. The first-order chi connectivity index (χ1) is 13.9. The number of carbonyl (C=O) groups is 2. The summed E-state index contributed by atoms with van der Waals surface area (Å²) >= 11 is 0. The summed E-state index contributed by atoms with van der Waals surface area (Å²) in [5, 5.41) is 6.90. The second-order valence-corrected chi connectivity index (χ2v) is 7.40. The predicted octanol–water partition coefficient (Wildman–Crippen LogP) is 3.65. The summed E-state index contributed by atoms with van der Waals surface area (Å²) in [7, 11) is 0. The standard InChI is InChI=1S/C22H22N4O3/c1-13-7-8-14(2)19(9-13)24-22(28)17-11-20(27)26(12-17)18-6-4-5-16(10-18)21-23-15(3)29-25-21/h4-10,17H,11-12H2,1-3H3,(H,24,28). The lowest BCUT2D eigenvalue weighted by atomic mass is 10.1. The number of anilines is 2. The van der Waals surface area contributed by atoms with E-state index in [4.69, 9.17) is 4.52 Å². The first-order valence-corrected chi connectivity index (χ1v) is 9.50. The molecule has 1 saturated heterocycles. The maximum Gasteiger partial charge on any atom is 0.229 e. The normalized spacial score (nSPS) is 16.3. The van der Waals surface area contributed by atoms with Gasteiger partial charge in [0.25, 0.3) is 0 Å². The van der Waals surface area contributed by atoms with Gasteiger partial charge in [0.05, 0.1) is 5.92 Å². The topological polar surface area (TPSA) is 88.3 Å². The first-order valence-electron chi connectivity index (χ1n) is 9.50. The number of hydrogen-bond acceptors (Lipinski definition) is 5. The van der Waals surface area contributed by atoms with E-state index in [2.05, 4.69) is 15.5 Å². The highest BCUT2D eigenvalue weighted by Crippen LogP contribution is 2.29. The van der Waals surface area contributed by atoms with E-state index in [0.717, 1.165) is 28.1 Å². The van der Waals surface area contributed by atoms with Crippen LogP contribution in [0.25, 0.3) is 11.4 Å². The largest absolute Gasteiger partial charge is 0.339 e. The fraction of sp³-hybridized carbons (Fsp3) is 0.273. The third kappa shape index (κ3) is 3.89. The Morgan fingerprint density at radius 1 is 1.17 bits per heavy atom. The zero-order chi connectivity index (χ0) is 20.5. The second-order valence-electron chi connectivity index (χ2n) is 7.40. The minimum Gasteiger partial charge on any atom is -0.339 e. The molecule has 1 aliphatic heterocycles. The SMILES string of the molecule is Cc1ccc(C)c(NC(=O)C2CC(=O)N(c3cccc(-c4noc(C)n4)c3)C2)c1. The molecule has 1 N–H and O–H groups in total. The van der Waals surface area contributed by atoms with Gasteiger partial charge in [-0.3, -0.25) is 9.59 Å². The zero-order valence-corrected chi connectivity index (χ0v) is 16.6. The van der Waals surface area contributed by atoms with Crippen molar-refractivity contribution >= 4 is 23.2 Å². The Morgan fingerprint density at radius 3 is 2.76 bits per heavy atom. The predicted molar refractivity (Wildman–Crippen MR) is 109 cm³/mol. The second kappa shape index (κ2) is 7.50. The smallest absolute Gasteiger partial charge is 0.229 e. The van der Waals surface area contributed by atoms with Crippen LogP contribution in [0.5, 0.6) is 0 Å². The van der Waals surface area contributed by atoms with Gasteiger partial charge in [-0.15, -0.1) is 0 Å². The van der Waals surface area contributed by atoms with Crippen LogP contribution in [0.1, 0.15) is 23.4 Å². The molecule has 0 spiro atoms. The maximum absolute atomic E-state index is 12.8. The molecule has 0 bridgehead atoms. The molecular formula is C22H22N4O3. The Kier molecular flexibility index (Phi) is 4.88. The van der Waals surface area contributed by atoms with E-state index in [1.807, 2.05) is 56.3 Å². The molecule has 148 valence electrons. The summed E-state index contributed by atoms with van der Waals surface area (Å²) in [5.41, 5.74) is 4.33. The number of amides is 2. The molecule has 7 nitrogen and oxygen atoms in total. The molecule has 3 aromatic rings. The van der Waals surface area contributed by atoms with Gasteiger partial charge in [0.15, 0.2) is 0 Å². The Morgan fingerprint density at radius 2 is 2.00 bits per heavy atom. The van der Waals surface area contributed by atoms with Crippen molar-refractivity contribution in [3.8, 4) is 11.4 Å². The van der Waals surface area contributed by atoms with Crippen LogP contribution in [0.3, 0.4) is 0 Å². The van der Waals surface area contributed by atoms with Crippen molar-refractivity contribution < 1.29 is 14.1 Å². The monoisotopic (exact) mass is 390 g/mol. The third-order valence-electron chi connectivity index (χ3n) is 5.09. The molecule has 4 rings (SSSR count). The van der Waals surface area contributed by atoms with Crippen LogP contribution < -0.4 is 10.2 Å². The number of hydrogen-bond donors (Lipinski definition) is 1. The maximum atomic E-state index is 12.8. The molecule has 2 aromatic carbocycles. The third-order valence-corrected chi connectivity index (χ3v) is 5.09. The first kappa shape index (κ1) is 18.9. The number of benzene rings is 2. The summed E-state index contributed by atoms with van der Waals surface area (Å²) in [4.78, 5) is 31.3. The molecule has 0 saturated carbocycles. The van der Waals surface area contributed by atoms with Crippen molar-refractivity contribution in [3.63, 3.8) is 0 Å². The molecule has 1 aliphatic rings. The molecule has 0 aliphatic carbocycles. The number of rotatable bonds is 4. The Balaban J connectivity index is 1.51. The van der Waals surface area contributed by atoms with Crippen LogP contribution in [0.2, 0.25) is 0 Å². The van der Waals surface area contributed by atoms with Gasteiger partial charge >= 0.3 is 0 Å².